The van der Waals surface area contributed by atoms with Gasteiger partial charge in [0, 0.05) is 52.7 Å². The van der Waals surface area contributed by atoms with Gasteiger partial charge in [-0.05, 0) is 24.8 Å². The minimum atomic E-state index is -5.08. The monoisotopic (exact) mass is 445 g/mol. The van der Waals surface area contributed by atoms with Crippen molar-refractivity contribution in [3.63, 3.8) is 0 Å². The molecular formula is C20H30F3N5O3. The highest BCUT2D eigenvalue weighted by Crippen LogP contribution is 2.44. The van der Waals surface area contributed by atoms with E-state index in [1.54, 1.807) is 17.3 Å². The summed E-state index contributed by atoms with van der Waals surface area (Å²) >= 11 is 0. The molecule has 8 nitrogen and oxygen atoms in total. The van der Waals surface area contributed by atoms with Gasteiger partial charge in [-0.15, -0.1) is 0 Å². The fourth-order valence-corrected chi connectivity index (χ4v) is 4.45. The van der Waals surface area contributed by atoms with Crippen LogP contribution in [0.5, 0.6) is 0 Å². The van der Waals surface area contributed by atoms with Crippen LogP contribution in [0.1, 0.15) is 26.7 Å². The van der Waals surface area contributed by atoms with E-state index in [-0.39, 0.29) is 17.4 Å². The third-order valence-corrected chi connectivity index (χ3v) is 5.48. The zero-order valence-electron chi connectivity index (χ0n) is 18.3. The molecule has 0 aliphatic carbocycles. The van der Waals surface area contributed by atoms with Crippen LogP contribution in [0.3, 0.4) is 0 Å². The van der Waals surface area contributed by atoms with Crippen molar-refractivity contribution in [2.24, 2.45) is 11.3 Å². The lowest BCUT2D eigenvalue weighted by Gasteiger charge is -2.45. The van der Waals surface area contributed by atoms with Gasteiger partial charge in [0.2, 0.25) is 11.9 Å². The zero-order valence-corrected chi connectivity index (χ0v) is 18.3. The van der Waals surface area contributed by atoms with Gasteiger partial charge in [0.05, 0.1) is 11.5 Å². The van der Waals surface area contributed by atoms with Crippen LogP contribution in [0, 0.1) is 11.3 Å². The van der Waals surface area contributed by atoms with Crippen LogP contribution in [0.2, 0.25) is 0 Å². The molecule has 3 heterocycles. The summed E-state index contributed by atoms with van der Waals surface area (Å²) in [5.41, 5.74) is -0.337. The van der Waals surface area contributed by atoms with Crippen LogP contribution in [0.15, 0.2) is 18.5 Å². The Bertz CT molecular complexity index is 760. The van der Waals surface area contributed by atoms with Crippen molar-refractivity contribution in [1.29, 1.82) is 0 Å². The summed E-state index contributed by atoms with van der Waals surface area (Å²) in [6, 6.07) is 1.99. The van der Waals surface area contributed by atoms with E-state index in [2.05, 4.69) is 33.6 Å². The van der Waals surface area contributed by atoms with Gasteiger partial charge in [-0.2, -0.15) is 13.2 Å². The first kappa shape index (κ1) is 24.8. The second kappa shape index (κ2) is 9.80. The normalized spacial score (nSPS) is 23.7. The molecule has 0 saturated carbocycles. The SMILES string of the molecule is CC(C)CN1C[C@H]2N(c3ncccn3)CCC[C@@]2(C(=O)N(C)C)C1.O=C(O)C(F)(F)F. The molecule has 2 fully saturated rings. The van der Waals surface area contributed by atoms with Crippen LogP contribution in [-0.2, 0) is 9.59 Å². The summed E-state index contributed by atoms with van der Waals surface area (Å²) in [6.45, 7) is 8.18. The van der Waals surface area contributed by atoms with E-state index in [9.17, 15) is 18.0 Å². The number of amides is 1. The summed E-state index contributed by atoms with van der Waals surface area (Å²) in [4.78, 5) is 37.4. The highest BCUT2D eigenvalue weighted by molar-refractivity contribution is 5.85. The van der Waals surface area contributed by atoms with Crippen LogP contribution in [0.4, 0.5) is 19.1 Å². The number of alkyl halides is 3. The third-order valence-electron chi connectivity index (χ3n) is 5.48. The quantitative estimate of drug-likeness (QED) is 0.759. The van der Waals surface area contributed by atoms with E-state index < -0.39 is 12.1 Å². The molecule has 1 aromatic rings. The number of rotatable bonds is 4. The summed E-state index contributed by atoms with van der Waals surface area (Å²) < 4.78 is 31.7. The maximum absolute atomic E-state index is 13.1. The minimum absolute atomic E-state index is 0.155. The number of carbonyl (C=O) groups is 2. The van der Waals surface area contributed by atoms with Crippen molar-refractivity contribution in [3.05, 3.63) is 18.5 Å². The zero-order chi connectivity index (χ0) is 23.4. The highest BCUT2D eigenvalue weighted by atomic mass is 19.4. The number of fused-ring (bicyclic) bond motifs is 1. The molecule has 0 unspecified atom stereocenters. The van der Waals surface area contributed by atoms with Gasteiger partial charge in [0.1, 0.15) is 0 Å². The molecule has 0 spiro atoms. The number of carbonyl (C=O) groups excluding carboxylic acids is 1. The van der Waals surface area contributed by atoms with Crippen molar-refractivity contribution in [2.75, 3.05) is 45.2 Å². The number of nitrogens with zero attached hydrogens (tertiary/aromatic N) is 5. The molecule has 174 valence electrons. The third kappa shape index (κ3) is 5.84. The number of aliphatic carboxylic acids is 1. The molecule has 1 aromatic heterocycles. The smallest absolute Gasteiger partial charge is 0.475 e. The van der Waals surface area contributed by atoms with Gasteiger partial charge < -0.3 is 14.9 Å². The molecule has 0 radical (unpaired) electrons. The fourth-order valence-electron chi connectivity index (χ4n) is 4.45. The van der Waals surface area contributed by atoms with E-state index in [4.69, 9.17) is 9.90 Å². The number of aromatic nitrogens is 2. The second-order valence-electron chi connectivity index (χ2n) is 8.61. The maximum atomic E-state index is 13.1. The number of hydrogen-bond acceptors (Lipinski definition) is 6. The van der Waals surface area contributed by atoms with Crippen LogP contribution < -0.4 is 4.90 Å². The van der Waals surface area contributed by atoms with E-state index in [0.29, 0.717) is 5.92 Å². The molecule has 11 heteroatoms. The van der Waals surface area contributed by atoms with Gasteiger partial charge in [0.25, 0.3) is 0 Å². The highest BCUT2D eigenvalue weighted by Gasteiger charge is 2.56. The average molecular weight is 445 g/mol. The Morgan fingerprint density at radius 1 is 1.29 bits per heavy atom. The lowest BCUT2D eigenvalue weighted by atomic mass is 9.74. The first-order chi connectivity index (χ1) is 14.4. The summed E-state index contributed by atoms with van der Waals surface area (Å²) in [6.07, 6.45) is 0.441. The Labute approximate surface area is 180 Å². The summed E-state index contributed by atoms with van der Waals surface area (Å²) in [7, 11) is 3.74. The number of hydrogen-bond donors (Lipinski definition) is 1. The van der Waals surface area contributed by atoms with E-state index >= 15 is 0 Å². The molecule has 2 aliphatic heterocycles. The van der Waals surface area contributed by atoms with Crippen molar-refractivity contribution in [2.45, 2.75) is 38.9 Å². The largest absolute Gasteiger partial charge is 0.490 e. The Balaban J connectivity index is 0.000000423. The topological polar surface area (TPSA) is 89.9 Å². The number of piperidine rings is 1. The predicted molar refractivity (Wildman–Crippen MR) is 108 cm³/mol. The number of halogens is 3. The number of likely N-dealkylation sites (tertiary alicyclic amines) is 1. The standard InChI is InChI=1S/C18H29N5O.C2HF3O2/c1-14(2)11-22-12-15-18(13-22,16(24)21(3)4)7-5-10-23(15)17-19-8-6-9-20-17;3-2(4,5)1(6)7/h6,8-9,14-15H,5,7,10-13H2,1-4H3;(H,6,7)/t15-,18-;/m1./s1. The van der Waals surface area contributed by atoms with E-state index in [1.165, 1.54) is 0 Å². The maximum Gasteiger partial charge on any atom is 0.490 e. The molecule has 2 aliphatic rings. The number of carboxylic acids is 1. The van der Waals surface area contributed by atoms with Crippen molar-refractivity contribution in [1.82, 2.24) is 19.8 Å². The summed E-state index contributed by atoms with van der Waals surface area (Å²) in [5, 5.41) is 7.12. The van der Waals surface area contributed by atoms with Gasteiger partial charge in [-0.1, -0.05) is 13.8 Å². The first-order valence-corrected chi connectivity index (χ1v) is 10.2. The van der Waals surface area contributed by atoms with E-state index in [1.807, 2.05) is 20.2 Å². The van der Waals surface area contributed by atoms with E-state index in [0.717, 1.165) is 45.0 Å². The van der Waals surface area contributed by atoms with Crippen LogP contribution >= 0.6 is 0 Å². The van der Waals surface area contributed by atoms with Crippen molar-refractivity contribution >= 4 is 17.8 Å². The lowest BCUT2D eigenvalue weighted by molar-refractivity contribution is -0.192. The molecule has 31 heavy (non-hydrogen) atoms. The minimum Gasteiger partial charge on any atom is -0.475 e. The van der Waals surface area contributed by atoms with Crippen LogP contribution in [-0.4, -0.2) is 89.2 Å². The summed E-state index contributed by atoms with van der Waals surface area (Å²) in [5.74, 6) is -1.16. The van der Waals surface area contributed by atoms with Crippen LogP contribution in [0.25, 0.3) is 0 Å². The van der Waals surface area contributed by atoms with Crippen molar-refractivity contribution in [3.8, 4) is 0 Å². The molecule has 0 aromatic carbocycles. The average Bonchev–Trinajstić information content (AvgIpc) is 3.06. The molecule has 1 N–H and O–H groups in total. The predicted octanol–water partition coefficient (Wildman–Crippen LogP) is 2.12. The number of anilines is 1. The Hall–Kier alpha value is -2.43. The molecule has 2 atom stereocenters. The Kier molecular flexibility index (Phi) is 7.85. The lowest BCUT2D eigenvalue weighted by Crippen LogP contribution is -2.58. The Morgan fingerprint density at radius 2 is 1.87 bits per heavy atom. The second-order valence-corrected chi connectivity index (χ2v) is 8.61. The molecular weight excluding hydrogens is 415 g/mol. The van der Waals surface area contributed by atoms with Gasteiger partial charge in [-0.3, -0.25) is 9.69 Å². The molecule has 1 amide bonds. The van der Waals surface area contributed by atoms with Gasteiger partial charge in [-0.25, -0.2) is 14.8 Å². The van der Waals surface area contributed by atoms with Gasteiger partial charge >= 0.3 is 12.1 Å². The number of carboxylic acid groups (broad SMARTS) is 1. The first-order valence-electron chi connectivity index (χ1n) is 10.2. The Morgan fingerprint density at radius 3 is 2.35 bits per heavy atom. The van der Waals surface area contributed by atoms with Crippen molar-refractivity contribution < 1.29 is 27.9 Å². The molecule has 0 bridgehead atoms. The molecule has 3 rings (SSSR count). The molecule has 2 saturated heterocycles. The fraction of sp³-hybridized carbons (Fsp3) is 0.700. The van der Waals surface area contributed by atoms with Gasteiger partial charge in [0.15, 0.2) is 0 Å².